The number of carbonyl (C=O) groups excluding carboxylic acids is 1. The number of ether oxygens (including phenoxy) is 1. The number of amides is 1. The lowest BCUT2D eigenvalue weighted by Crippen LogP contribution is -2.40. The zero-order valence-electron chi connectivity index (χ0n) is 18.4. The molecule has 1 aliphatic carbocycles. The molecule has 2 heterocycles. The van der Waals surface area contributed by atoms with Crippen LogP contribution in [-0.2, 0) is 14.8 Å². The zero-order chi connectivity index (χ0) is 23.0. The third-order valence-corrected chi connectivity index (χ3v) is 7.92. The van der Waals surface area contributed by atoms with Crippen LogP contribution in [-0.4, -0.2) is 54.7 Å². The molecule has 2 fully saturated rings. The van der Waals surface area contributed by atoms with Crippen LogP contribution >= 0.6 is 0 Å². The van der Waals surface area contributed by atoms with Crippen LogP contribution in [0.25, 0.3) is 5.69 Å². The van der Waals surface area contributed by atoms with Gasteiger partial charge in [0.05, 0.1) is 29.5 Å². The fraction of sp³-hybridized carbons (Fsp3) is 0.333. The number of benzene rings is 2. The number of anilines is 1. The van der Waals surface area contributed by atoms with Crippen LogP contribution in [0, 0.1) is 6.92 Å². The van der Waals surface area contributed by atoms with E-state index in [0.29, 0.717) is 43.6 Å². The van der Waals surface area contributed by atoms with Crippen molar-refractivity contribution < 1.29 is 17.9 Å². The Morgan fingerprint density at radius 2 is 1.79 bits per heavy atom. The number of sulfonamides is 1. The Hall–Kier alpha value is -3.01. The van der Waals surface area contributed by atoms with Crippen molar-refractivity contribution >= 4 is 21.6 Å². The summed E-state index contributed by atoms with van der Waals surface area (Å²) in [4.78, 5) is 13.5. The molecule has 1 aliphatic heterocycles. The normalized spacial score (nSPS) is 17.1. The Kier molecular flexibility index (Phi) is 5.77. The Labute approximate surface area is 193 Å². The lowest BCUT2D eigenvalue weighted by atomic mass is 10.2. The standard InChI is InChI=1S/C24H26N4O4S/c1-17-7-10-20(33(30,31)27-11-13-32-14-12-27)15-21(17)25-24(29)23-16-22(18-8-9-18)26-28(23)19-5-3-2-4-6-19/h2-7,10,15-16,18H,8-9,11-14H2,1H3,(H,25,29). The second-order valence-corrected chi connectivity index (χ2v) is 10.4. The molecule has 2 aromatic carbocycles. The average Bonchev–Trinajstić information content (AvgIpc) is 3.59. The number of carbonyl (C=O) groups is 1. The van der Waals surface area contributed by atoms with Crippen molar-refractivity contribution in [2.24, 2.45) is 0 Å². The number of nitrogens with zero attached hydrogens (tertiary/aromatic N) is 3. The van der Waals surface area contributed by atoms with E-state index in [0.717, 1.165) is 29.8 Å². The molecule has 8 nitrogen and oxygen atoms in total. The average molecular weight is 467 g/mol. The number of para-hydroxylation sites is 1. The van der Waals surface area contributed by atoms with Crippen LogP contribution in [0.1, 0.15) is 40.5 Å². The summed E-state index contributed by atoms with van der Waals surface area (Å²) in [5.41, 5.74) is 3.36. The highest BCUT2D eigenvalue weighted by Crippen LogP contribution is 2.40. The number of nitrogens with one attached hydrogen (secondary N) is 1. The van der Waals surface area contributed by atoms with Crippen molar-refractivity contribution in [1.82, 2.24) is 14.1 Å². The lowest BCUT2D eigenvalue weighted by Gasteiger charge is -2.26. The highest BCUT2D eigenvalue weighted by Gasteiger charge is 2.30. The van der Waals surface area contributed by atoms with Gasteiger partial charge >= 0.3 is 0 Å². The smallest absolute Gasteiger partial charge is 0.274 e. The van der Waals surface area contributed by atoms with E-state index in [9.17, 15) is 13.2 Å². The van der Waals surface area contributed by atoms with Gasteiger partial charge in [-0.1, -0.05) is 24.3 Å². The van der Waals surface area contributed by atoms with Crippen LogP contribution in [0.4, 0.5) is 5.69 Å². The van der Waals surface area contributed by atoms with Crippen LogP contribution in [0.15, 0.2) is 59.5 Å². The second kappa shape index (κ2) is 8.74. The minimum atomic E-state index is -3.67. The first-order valence-corrected chi connectivity index (χ1v) is 12.5. The van der Waals surface area contributed by atoms with E-state index in [4.69, 9.17) is 4.74 Å². The maximum absolute atomic E-state index is 13.3. The summed E-state index contributed by atoms with van der Waals surface area (Å²) >= 11 is 0. The molecule has 0 radical (unpaired) electrons. The molecule has 1 N–H and O–H groups in total. The molecule has 5 rings (SSSR count). The van der Waals surface area contributed by atoms with E-state index < -0.39 is 10.0 Å². The van der Waals surface area contributed by atoms with Gasteiger partial charge in [0.2, 0.25) is 10.0 Å². The molecule has 1 amide bonds. The van der Waals surface area contributed by atoms with Crippen molar-refractivity contribution in [1.29, 1.82) is 0 Å². The number of hydrogen-bond donors (Lipinski definition) is 1. The van der Waals surface area contributed by atoms with Crippen molar-refractivity contribution in [3.05, 3.63) is 71.5 Å². The maximum atomic E-state index is 13.3. The van der Waals surface area contributed by atoms with E-state index >= 15 is 0 Å². The first-order chi connectivity index (χ1) is 15.9. The Bertz CT molecular complexity index is 1280. The monoisotopic (exact) mass is 466 g/mol. The van der Waals surface area contributed by atoms with Crippen LogP contribution < -0.4 is 5.32 Å². The summed E-state index contributed by atoms with van der Waals surface area (Å²) < 4.78 is 34.5. The fourth-order valence-electron chi connectivity index (χ4n) is 3.92. The third-order valence-electron chi connectivity index (χ3n) is 6.02. The summed E-state index contributed by atoms with van der Waals surface area (Å²) in [5, 5.41) is 7.60. The van der Waals surface area contributed by atoms with Crippen molar-refractivity contribution in [3.63, 3.8) is 0 Å². The first-order valence-electron chi connectivity index (χ1n) is 11.1. The number of morpholine rings is 1. The fourth-order valence-corrected chi connectivity index (χ4v) is 5.36. The molecular weight excluding hydrogens is 440 g/mol. The Morgan fingerprint density at radius 1 is 1.06 bits per heavy atom. The maximum Gasteiger partial charge on any atom is 0.274 e. The molecule has 2 aliphatic rings. The van der Waals surface area contributed by atoms with E-state index in [1.165, 1.54) is 10.4 Å². The second-order valence-electron chi connectivity index (χ2n) is 8.42. The number of aromatic nitrogens is 2. The summed E-state index contributed by atoms with van der Waals surface area (Å²) in [6.45, 7) is 3.23. The molecule has 1 aromatic heterocycles. The third kappa shape index (κ3) is 4.44. The quantitative estimate of drug-likeness (QED) is 0.602. The molecule has 9 heteroatoms. The highest BCUT2D eigenvalue weighted by atomic mass is 32.2. The molecule has 172 valence electrons. The van der Waals surface area contributed by atoms with E-state index in [1.807, 2.05) is 43.3 Å². The molecule has 1 saturated carbocycles. The molecule has 0 bridgehead atoms. The van der Waals surface area contributed by atoms with Crippen LogP contribution in [0.5, 0.6) is 0 Å². The molecule has 0 spiro atoms. The Balaban J connectivity index is 1.45. The number of aryl methyl sites for hydroxylation is 1. The summed E-state index contributed by atoms with van der Waals surface area (Å²) in [6, 6.07) is 16.2. The molecule has 1 saturated heterocycles. The predicted molar refractivity (Wildman–Crippen MR) is 124 cm³/mol. The number of hydrogen-bond acceptors (Lipinski definition) is 5. The van der Waals surface area contributed by atoms with Gasteiger partial charge in [-0.05, 0) is 55.7 Å². The summed E-state index contributed by atoms with van der Waals surface area (Å²) in [5.74, 6) is 0.0625. The topological polar surface area (TPSA) is 93.5 Å². The molecule has 0 unspecified atom stereocenters. The van der Waals surface area contributed by atoms with Gasteiger partial charge < -0.3 is 10.1 Å². The van der Waals surface area contributed by atoms with E-state index in [2.05, 4.69) is 10.4 Å². The van der Waals surface area contributed by atoms with Gasteiger partial charge in [0.1, 0.15) is 5.69 Å². The molecule has 3 aromatic rings. The van der Waals surface area contributed by atoms with E-state index in [1.54, 1.807) is 16.8 Å². The van der Waals surface area contributed by atoms with Gasteiger partial charge in [-0.25, -0.2) is 13.1 Å². The van der Waals surface area contributed by atoms with Crippen LogP contribution in [0.3, 0.4) is 0 Å². The minimum Gasteiger partial charge on any atom is -0.379 e. The van der Waals surface area contributed by atoms with Gasteiger partial charge in [-0.2, -0.15) is 9.40 Å². The first kappa shape index (κ1) is 21.8. The lowest BCUT2D eigenvalue weighted by molar-refractivity contribution is 0.0730. The van der Waals surface area contributed by atoms with E-state index in [-0.39, 0.29) is 10.8 Å². The SMILES string of the molecule is Cc1ccc(S(=O)(=O)N2CCOCC2)cc1NC(=O)c1cc(C2CC2)nn1-c1ccccc1. The predicted octanol–water partition coefficient (Wildman–Crippen LogP) is 3.33. The van der Waals surface area contributed by atoms with Crippen LogP contribution in [0.2, 0.25) is 0 Å². The number of rotatable bonds is 6. The van der Waals surface area contributed by atoms with Crippen molar-refractivity contribution in [2.45, 2.75) is 30.6 Å². The zero-order valence-corrected chi connectivity index (χ0v) is 19.2. The summed E-state index contributed by atoms with van der Waals surface area (Å²) in [7, 11) is -3.67. The molecular formula is C24H26N4O4S. The summed E-state index contributed by atoms with van der Waals surface area (Å²) in [6.07, 6.45) is 2.15. The van der Waals surface area contributed by atoms with Gasteiger partial charge in [0, 0.05) is 24.7 Å². The molecule has 33 heavy (non-hydrogen) atoms. The van der Waals surface area contributed by atoms with Gasteiger partial charge in [-0.3, -0.25) is 4.79 Å². The van der Waals surface area contributed by atoms with Gasteiger partial charge in [0.25, 0.3) is 5.91 Å². The van der Waals surface area contributed by atoms with Crippen molar-refractivity contribution in [2.75, 3.05) is 31.6 Å². The van der Waals surface area contributed by atoms with Gasteiger partial charge in [-0.15, -0.1) is 0 Å². The minimum absolute atomic E-state index is 0.153. The van der Waals surface area contributed by atoms with Gasteiger partial charge in [0.15, 0.2) is 0 Å². The molecule has 0 atom stereocenters. The largest absolute Gasteiger partial charge is 0.379 e. The highest BCUT2D eigenvalue weighted by molar-refractivity contribution is 7.89. The van der Waals surface area contributed by atoms with Crippen molar-refractivity contribution in [3.8, 4) is 5.69 Å². The Morgan fingerprint density at radius 3 is 2.48 bits per heavy atom.